The number of hydrogen-bond donors (Lipinski definition) is 1. The quantitative estimate of drug-likeness (QED) is 0.463. The SMILES string of the molecule is ON=C1CC=Cc2cccnc21. The van der Waals surface area contributed by atoms with Crippen LogP contribution < -0.4 is 0 Å². The smallest absolute Gasteiger partial charge is 0.109 e. The van der Waals surface area contributed by atoms with Crippen molar-refractivity contribution in [1.82, 2.24) is 4.98 Å². The van der Waals surface area contributed by atoms with Crippen molar-refractivity contribution in [2.75, 3.05) is 0 Å². The fraction of sp³-hybridized carbons (Fsp3) is 0.111. The maximum Gasteiger partial charge on any atom is 0.109 e. The molecule has 0 saturated carbocycles. The van der Waals surface area contributed by atoms with Gasteiger partial charge in [0, 0.05) is 18.2 Å². The molecule has 0 bridgehead atoms. The van der Waals surface area contributed by atoms with Crippen LogP contribution in [0, 0.1) is 0 Å². The van der Waals surface area contributed by atoms with E-state index in [2.05, 4.69) is 10.1 Å². The molecule has 0 radical (unpaired) electrons. The molecule has 1 N–H and O–H groups in total. The lowest BCUT2D eigenvalue weighted by Crippen LogP contribution is -2.07. The van der Waals surface area contributed by atoms with Crippen LogP contribution in [-0.4, -0.2) is 15.9 Å². The Morgan fingerprint density at radius 3 is 3.25 bits per heavy atom. The van der Waals surface area contributed by atoms with Gasteiger partial charge in [-0.2, -0.15) is 0 Å². The number of pyridine rings is 1. The highest BCUT2D eigenvalue weighted by Crippen LogP contribution is 2.16. The number of nitrogens with zero attached hydrogens (tertiary/aromatic N) is 2. The van der Waals surface area contributed by atoms with Crippen molar-refractivity contribution < 1.29 is 5.21 Å². The highest BCUT2D eigenvalue weighted by molar-refractivity contribution is 6.04. The predicted molar refractivity (Wildman–Crippen MR) is 46.2 cm³/mol. The second-order valence-corrected chi connectivity index (χ2v) is 2.59. The van der Waals surface area contributed by atoms with Crippen LogP contribution >= 0.6 is 0 Å². The average Bonchev–Trinajstić information content (AvgIpc) is 2.17. The van der Waals surface area contributed by atoms with Gasteiger partial charge in [-0.3, -0.25) is 4.98 Å². The molecule has 0 fully saturated rings. The first-order valence-electron chi connectivity index (χ1n) is 3.74. The normalized spacial score (nSPS) is 17.8. The van der Waals surface area contributed by atoms with Crippen molar-refractivity contribution in [3.8, 4) is 0 Å². The number of oxime groups is 1. The molecular weight excluding hydrogens is 152 g/mol. The van der Waals surface area contributed by atoms with Gasteiger partial charge in [-0.15, -0.1) is 0 Å². The van der Waals surface area contributed by atoms with Gasteiger partial charge in [0.15, 0.2) is 0 Å². The third-order valence-electron chi connectivity index (χ3n) is 1.84. The molecule has 0 aliphatic heterocycles. The van der Waals surface area contributed by atoms with Crippen molar-refractivity contribution in [3.63, 3.8) is 0 Å². The largest absolute Gasteiger partial charge is 0.411 e. The van der Waals surface area contributed by atoms with Gasteiger partial charge in [0.2, 0.25) is 0 Å². The number of fused-ring (bicyclic) bond motifs is 1. The maximum absolute atomic E-state index is 8.65. The zero-order valence-corrected chi connectivity index (χ0v) is 6.44. The van der Waals surface area contributed by atoms with E-state index in [4.69, 9.17) is 5.21 Å². The summed E-state index contributed by atoms with van der Waals surface area (Å²) in [5, 5.41) is 11.8. The lowest BCUT2D eigenvalue weighted by molar-refractivity contribution is 0.318. The first-order valence-corrected chi connectivity index (χ1v) is 3.74. The van der Waals surface area contributed by atoms with Crippen LogP contribution in [0.4, 0.5) is 0 Å². The molecule has 60 valence electrons. The molecule has 0 saturated heterocycles. The second kappa shape index (κ2) is 2.77. The van der Waals surface area contributed by atoms with Crippen LogP contribution in [0.2, 0.25) is 0 Å². The molecule has 1 heterocycles. The Kier molecular flexibility index (Phi) is 1.63. The lowest BCUT2D eigenvalue weighted by atomic mass is 10.0. The summed E-state index contributed by atoms with van der Waals surface area (Å²) >= 11 is 0. The van der Waals surface area contributed by atoms with E-state index in [9.17, 15) is 0 Å². The van der Waals surface area contributed by atoms with Gasteiger partial charge in [0.1, 0.15) is 5.71 Å². The highest BCUT2D eigenvalue weighted by Gasteiger charge is 2.11. The molecule has 1 aliphatic rings. The third kappa shape index (κ3) is 0.993. The molecule has 1 aliphatic carbocycles. The summed E-state index contributed by atoms with van der Waals surface area (Å²) in [6.07, 6.45) is 6.29. The van der Waals surface area contributed by atoms with Crippen molar-refractivity contribution >= 4 is 11.8 Å². The Labute approximate surface area is 70.1 Å². The summed E-state index contributed by atoms with van der Waals surface area (Å²) in [6.45, 7) is 0. The lowest BCUT2D eigenvalue weighted by Gasteiger charge is -2.08. The molecule has 1 aromatic rings. The van der Waals surface area contributed by atoms with E-state index in [-0.39, 0.29) is 0 Å². The Morgan fingerprint density at radius 2 is 2.42 bits per heavy atom. The Morgan fingerprint density at radius 1 is 1.50 bits per heavy atom. The number of aromatic nitrogens is 1. The number of hydrogen-bond acceptors (Lipinski definition) is 3. The summed E-state index contributed by atoms with van der Waals surface area (Å²) in [4.78, 5) is 4.13. The molecule has 2 rings (SSSR count). The van der Waals surface area contributed by atoms with E-state index < -0.39 is 0 Å². The van der Waals surface area contributed by atoms with Gasteiger partial charge in [-0.1, -0.05) is 23.4 Å². The average molecular weight is 160 g/mol. The van der Waals surface area contributed by atoms with Crippen molar-refractivity contribution in [3.05, 3.63) is 35.7 Å². The molecule has 0 unspecified atom stereocenters. The molecule has 3 heteroatoms. The van der Waals surface area contributed by atoms with Crippen LogP contribution in [0.5, 0.6) is 0 Å². The van der Waals surface area contributed by atoms with E-state index in [1.807, 2.05) is 24.3 Å². The predicted octanol–water partition coefficient (Wildman–Crippen LogP) is 1.68. The topological polar surface area (TPSA) is 45.5 Å². The van der Waals surface area contributed by atoms with E-state index >= 15 is 0 Å². The first kappa shape index (κ1) is 7.03. The minimum Gasteiger partial charge on any atom is -0.411 e. The zero-order valence-electron chi connectivity index (χ0n) is 6.44. The zero-order chi connectivity index (χ0) is 8.39. The van der Waals surface area contributed by atoms with Crippen molar-refractivity contribution in [2.45, 2.75) is 6.42 Å². The summed E-state index contributed by atoms with van der Waals surface area (Å²) in [7, 11) is 0. The molecule has 1 aromatic heterocycles. The molecule has 0 spiro atoms. The van der Waals surface area contributed by atoms with Crippen LogP contribution in [0.1, 0.15) is 17.7 Å². The first-order chi connectivity index (χ1) is 5.92. The summed E-state index contributed by atoms with van der Waals surface area (Å²) in [5.74, 6) is 0. The van der Waals surface area contributed by atoms with E-state index in [0.717, 1.165) is 11.3 Å². The molecule has 0 atom stereocenters. The third-order valence-corrected chi connectivity index (χ3v) is 1.84. The molecule has 3 nitrogen and oxygen atoms in total. The van der Waals surface area contributed by atoms with E-state index in [1.54, 1.807) is 6.20 Å². The summed E-state index contributed by atoms with van der Waals surface area (Å²) in [5.41, 5.74) is 2.42. The van der Waals surface area contributed by atoms with Crippen LogP contribution in [0.25, 0.3) is 6.08 Å². The van der Waals surface area contributed by atoms with Crippen molar-refractivity contribution in [2.24, 2.45) is 5.16 Å². The summed E-state index contributed by atoms with van der Waals surface area (Å²) < 4.78 is 0. The molecular formula is C9H8N2O. The van der Waals surface area contributed by atoms with Gasteiger partial charge in [-0.25, -0.2) is 0 Å². The van der Waals surface area contributed by atoms with Crippen LogP contribution in [-0.2, 0) is 0 Å². The van der Waals surface area contributed by atoms with E-state index in [1.165, 1.54) is 0 Å². The maximum atomic E-state index is 8.65. The van der Waals surface area contributed by atoms with Gasteiger partial charge < -0.3 is 5.21 Å². The number of rotatable bonds is 0. The Balaban J connectivity index is 2.60. The van der Waals surface area contributed by atoms with Gasteiger partial charge in [0.25, 0.3) is 0 Å². The standard InChI is InChI=1S/C9H8N2O/c12-11-8-5-1-3-7-4-2-6-10-9(7)8/h1-4,6,12H,5H2. The minimum atomic E-state index is 0.633. The molecule has 12 heavy (non-hydrogen) atoms. The van der Waals surface area contributed by atoms with Gasteiger partial charge in [-0.05, 0) is 6.07 Å². The van der Waals surface area contributed by atoms with Crippen LogP contribution in [0.3, 0.4) is 0 Å². The van der Waals surface area contributed by atoms with Crippen molar-refractivity contribution in [1.29, 1.82) is 0 Å². The van der Waals surface area contributed by atoms with Gasteiger partial charge in [0.05, 0.1) is 5.69 Å². The summed E-state index contributed by atoms with van der Waals surface area (Å²) in [6, 6.07) is 3.81. The van der Waals surface area contributed by atoms with E-state index in [0.29, 0.717) is 12.1 Å². The molecule has 0 aromatic carbocycles. The fourth-order valence-electron chi connectivity index (χ4n) is 1.28. The van der Waals surface area contributed by atoms with Crippen LogP contribution in [0.15, 0.2) is 29.6 Å². The Hall–Kier alpha value is -1.64. The molecule has 0 amide bonds. The fourth-order valence-corrected chi connectivity index (χ4v) is 1.28. The van der Waals surface area contributed by atoms with Gasteiger partial charge >= 0.3 is 0 Å². The second-order valence-electron chi connectivity index (χ2n) is 2.59. The Bertz CT molecular complexity index is 355. The highest BCUT2D eigenvalue weighted by atomic mass is 16.4. The number of allylic oxidation sites excluding steroid dienone is 1. The minimum absolute atomic E-state index is 0.633. The monoisotopic (exact) mass is 160 g/mol.